The van der Waals surface area contributed by atoms with Gasteiger partial charge in [0, 0.05) is 22.7 Å². The van der Waals surface area contributed by atoms with Gasteiger partial charge in [-0.25, -0.2) is 0 Å². The molecule has 11 heteroatoms. The molecule has 0 spiro atoms. The Morgan fingerprint density at radius 2 is 1.64 bits per heavy atom. The first-order valence-electron chi connectivity index (χ1n) is 12.3. The number of ketones is 2. The Kier molecular flexibility index (Phi) is 5.87. The van der Waals surface area contributed by atoms with E-state index in [2.05, 4.69) is 0 Å². The van der Waals surface area contributed by atoms with E-state index in [4.69, 9.17) is 11.5 Å². The molecular formula is C28H29N3O8. The summed E-state index contributed by atoms with van der Waals surface area (Å²) in [4.78, 5) is 40.7. The number of Topliss-reactive ketones (excluding diaryl/α,β-unsaturated/α-hetero) is 2. The molecule has 1 amide bonds. The van der Waals surface area contributed by atoms with Gasteiger partial charge in [0.05, 0.1) is 23.6 Å². The van der Waals surface area contributed by atoms with Crippen molar-refractivity contribution in [2.75, 3.05) is 19.8 Å². The second-order valence-corrected chi connectivity index (χ2v) is 10.6. The van der Waals surface area contributed by atoms with Gasteiger partial charge in [0.1, 0.15) is 22.8 Å². The van der Waals surface area contributed by atoms with Crippen LogP contribution >= 0.6 is 0 Å². The van der Waals surface area contributed by atoms with Crippen molar-refractivity contribution < 1.29 is 39.9 Å². The summed E-state index contributed by atoms with van der Waals surface area (Å²) in [5, 5.41) is 57.1. The van der Waals surface area contributed by atoms with E-state index in [1.54, 1.807) is 43.3 Å². The smallest absolute Gasteiger partial charge is 0.255 e. The summed E-state index contributed by atoms with van der Waals surface area (Å²) >= 11 is 0. The number of aliphatic hydroxyl groups is 4. The van der Waals surface area contributed by atoms with Crippen LogP contribution in [0.1, 0.15) is 24.0 Å². The predicted octanol–water partition coefficient (Wildman–Crippen LogP) is 0.745. The first-order valence-corrected chi connectivity index (χ1v) is 12.3. The highest BCUT2D eigenvalue weighted by Crippen LogP contribution is 2.56. The molecule has 0 heterocycles. The molecule has 9 N–H and O–H groups in total. The summed E-state index contributed by atoms with van der Waals surface area (Å²) < 4.78 is 0. The number of amides is 1. The van der Waals surface area contributed by atoms with Crippen molar-refractivity contribution in [3.8, 4) is 16.9 Å². The number of hydrogen-bond donors (Lipinski definition) is 7. The largest absolute Gasteiger partial charge is 0.508 e. The number of likely N-dealkylation sites (N-methyl/N-ethyl adjacent to an activating group) is 1. The van der Waals surface area contributed by atoms with Crippen LogP contribution in [0, 0.1) is 11.8 Å². The van der Waals surface area contributed by atoms with Crippen molar-refractivity contribution in [3.05, 3.63) is 64.4 Å². The van der Waals surface area contributed by atoms with Gasteiger partial charge in [0.15, 0.2) is 11.4 Å². The molecule has 204 valence electrons. The minimum atomic E-state index is -2.95. The quantitative estimate of drug-likeness (QED) is 0.217. The summed E-state index contributed by atoms with van der Waals surface area (Å²) in [6.45, 7) is 1.68. The number of carbonyl (C=O) groups is 3. The van der Waals surface area contributed by atoms with Crippen molar-refractivity contribution in [2.45, 2.75) is 30.6 Å². The molecule has 0 saturated heterocycles. The third-order valence-corrected chi connectivity index (χ3v) is 8.35. The maximum Gasteiger partial charge on any atom is 0.255 e. The van der Waals surface area contributed by atoms with Crippen molar-refractivity contribution >= 4 is 28.9 Å². The monoisotopic (exact) mass is 535 g/mol. The lowest BCUT2D eigenvalue weighted by atomic mass is 9.54. The number of phenols is 1. The number of rotatable bonds is 3. The lowest BCUT2D eigenvalue weighted by molar-refractivity contribution is -0.169. The molecule has 5 rings (SSSR count). The zero-order valence-corrected chi connectivity index (χ0v) is 21.4. The van der Waals surface area contributed by atoms with Crippen LogP contribution in [0.15, 0.2) is 53.3 Å². The number of aromatic hydroxyl groups is 1. The van der Waals surface area contributed by atoms with Crippen molar-refractivity contribution in [1.29, 1.82) is 0 Å². The lowest BCUT2D eigenvalue weighted by Crippen LogP contribution is -2.70. The molecule has 1 saturated carbocycles. The van der Waals surface area contributed by atoms with Gasteiger partial charge in [0.2, 0.25) is 5.78 Å². The molecule has 0 aliphatic heterocycles. The molecule has 3 aliphatic rings. The Morgan fingerprint density at radius 3 is 2.21 bits per heavy atom. The Morgan fingerprint density at radius 1 is 1.03 bits per heavy atom. The van der Waals surface area contributed by atoms with Crippen molar-refractivity contribution in [2.24, 2.45) is 17.6 Å². The summed E-state index contributed by atoms with van der Waals surface area (Å²) in [6, 6.07) is 8.53. The second-order valence-electron chi connectivity index (χ2n) is 10.6. The number of aliphatic hydroxyl groups excluding tert-OH is 3. The number of nitrogens with two attached hydrogens (primary N) is 2. The van der Waals surface area contributed by atoms with Gasteiger partial charge in [-0.2, -0.15) is 0 Å². The van der Waals surface area contributed by atoms with Crippen LogP contribution in [0.4, 0.5) is 5.69 Å². The van der Waals surface area contributed by atoms with Crippen LogP contribution in [0.25, 0.3) is 16.9 Å². The number of fused-ring (bicyclic) bond motifs is 3. The fourth-order valence-electron chi connectivity index (χ4n) is 6.51. The van der Waals surface area contributed by atoms with E-state index in [9.17, 15) is 39.9 Å². The normalized spacial score (nSPS) is 30.3. The Balaban J connectivity index is 1.78. The average Bonchev–Trinajstić information content (AvgIpc) is 2.86. The molecule has 0 aromatic heterocycles. The number of nitrogens with zero attached hydrogens (tertiary/aromatic N) is 1. The second kappa shape index (κ2) is 8.67. The van der Waals surface area contributed by atoms with Crippen molar-refractivity contribution in [1.82, 2.24) is 4.90 Å². The summed E-state index contributed by atoms with van der Waals surface area (Å²) in [5.74, 6) is -9.20. The van der Waals surface area contributed by atoms with Crippen LogP contribution < -0.4 is 11.5 Å². The van der Waals surface area contributed by atoms with E-state index in [-0.39, 0.29) is 11.3 Å². The molecule has 39 heavy (non-hydrogen) atoms. The molecule has 6 atom stereocenters. The van der Waals surface area contributed by atoms with E-state index < -0.39 is 75.6 Å². The highest BCUT2D eigenvalue weighted by molar-refractivity contribution is 6.24. The van der Waals surface area contributed by atoms with Gasteiger partial charge in [-0.3, -0.25) is 19.3 Å². The van der Waals surface area contributed by atoms with E-state index >= 15 is 0 Å². The van der Waals surface area contributed by atoms with Crippen LogP contribution in [-0.4, -0.2) is 79.7 Å². The maximum atomic E-state index is 14.0. The average molecular weight is 536 g/mol. The zero-order chi connectivity index (χ0) is 28.7. The van der Waals surface area contributed by atoms with E-state index in [0.29, 0.717) is 22.4 Å². The van der Waals surface area contributed by atoms with Gasteiger partial charge in [0.25, 0.3) is 5.91 Å². The molecule has 2 unspecified atom stereocenters. The molecule has 0 radical (unpaired) electrons. The van der Waals surface area contributed by atoms with Crippen LogP contribution in [0.3, 0.4) is 0 Å². The van der Waals surface area contributed by atoms with Gasteiger partial charge in [-0.15, -0.1) is 0 Å². The van der Waals surface area contributed by atoms with Crippen LogP contribution in [0.2, 0.25) is 0 Å². The SMILES string of the molecule is C[C@H]1c2ccc(-c3ccc(N)cc3)c(O)c2C(O)=C2C(=O)[C@]3(O)C(O)=C(C(N)=O)C(=O)[C@@H](N(C)C)C3[C@@H](O)C21. The lowest BCUT2D eigenvalue weighted by Gasteiger charge is -2.53. The topological polar surface area (TPSA) is 208 Å². The van der Waals surface area contributed by atoms with E-state index in [0.717, 1.165) is 0 Å². The van der Waals surface area contributed by atoms with Gasteiger partial charge < -0.3 is 37.0 Å². The molecule has 0 bridgehead atoms. The first kappa shape index (κ1) is 26.4. The Hall–Kier alpha value is -4.19. The van der Waals surface area contributed by atoms with E-state index in [1.165, 1.54) is 19.0 Å². The third kappa shape index (κ3) is 3.37. The molecule has 3 aliphatic carbocycles. The highest BCUT2D eigenvalue weighted by atomic mass is 16.4. The van der Waals surface area contributed by atoms with Gasteiger partial charge in [-0.05, 0) is 43.3 Å². The number of phenolic OH excluding ortho intramolecular Hbond substituents is 1. The zero-order valence-electron chi connectivity index (χ0n) is 21.4. The number of anilines is 1. The number of benzene rings is 2. The third-order valence-electron chi connectivity index (χ3n) is 8.35. The van der Waals surface area contributed by atoms with Crippen molar-refractivity contribution in [3.63, 3.8) is 0 Å². The standard InChI is InChI=1S/C28H29N3O8/c1-10-13-8-9-14(11-4-6-12(29)7-5-11)21(32)16(13)22(33)17-15(10)23(34)19-20(31(2)3)24(35)18(27(30)38)26(37)28(19,39)25(17)36/h4-10,15,19-20,23,32-34,37,39H,29H2,1-3H3,(H2,30,38)/t10-,15?,19?,20-,23-,28-/m0/s1. The Bertz CT molecular complexity index is 1510. The fraction of sp³-hybridized carbons (Fsp3) is 0.321. The summed E-state index contributed by atoms with van der Waals surface area (Å²) in [5.41, 5.74) is 8.54. The molecule has 2 aromatic rings. The summed E-state index contributed by atoms with van der Waals surface area (Å²) in [7, 11) is 2.92. The number of carbonyl (C=O) groups excluding carboxylic acids is 3. The number of primary amides is 1. The molecule has 2 aromatic carbocycles. The van der Waals surface area contributed by atoms with E-state index in [1.807, 2.05) is 0 Å². The summed E-state index contributed by atoms with van der Waals surface area (Å²) in [6.07, 6.45) is -1.64. The van der Waals surface area contributed by atoms with Gasteiger partial charge >= 0.3 is 0 Å². The minimum Gasteiger partial charge on any atom is -0.508 e. The Labute approximate surface area is 223 Å². The molecular weight excluding hydrogens is 506 g/mol. The van der Waals surface area contributed by atoms with Gasteiger partial charge in [-0.1, -0.05) is 31.2 Å². The number of nitrogen functional groups attached to an aromatic ring is 1. The fourth-order valence-corrected chi connectivity index (χ4v) is 6.51. The first-order chi connectivity index (χ1) is 18.2. The van der Waals surface area contributed by atoms with Crippen LogP contribution in [0.5, 0.6) is 5.75 Å². The maximum absolute atomic E-state index is 14.0. The molecule has 11 nitrogen and oxygen atoms in total. The highest BCUT2D eigenvalue weighted by Gasteiger charge is 2.68. The number of hydrogen-bond acceptors (Lipinski definition) is 10. The van der Waals surface area contributed by atoms with Crippen LogP contribution in [-0.2, 0) is 14.4 Å². The minimum absolute atomic E-state index is 0.0692. The predicted molar refractivity (Wildman–Crippen MR) is 140 cm³/mol. The molecule has 1 fully saturated rings.